The van der Waals surface area contributed by atoms with Crippen LogP contribution in [0.5, 0.6) is 0 Å². The fourth-order valence-electron chi connectivity index (χ4n) is 9.34. The Bertz CT molecular complexity index is 1060. The number of hydrogen-bond acceptors (Lipinski definition) is 8. The summed E-state index contributed by atoms with van der Waals surface area (Å²) in [6.07, 6.45) is 9.23. The number of nitrogens with two attached hydrogens (primary N) is 2. The highest BCUT2D eigenvalue weighted by molar-refractivity contribution is 8.00. The average Bonchev–Trinajstić information content (AvgIpc) is 3.37. The Morgan fingerprint density at radius 2 is 1.68 bits per heavy atom. The van der Waals surface area contributed by atoms with Crippen molar-refractivity contribution in [3.05, 3.63) is 29.8 Å². The number of benzene rings is 1. The molecule has 0 aromatic heterocycles. The van der Waals surface area contributed by atoms with E-state index in [1.54, 1.807) is 0 Å². The molecule has 4 rings (SSSR count). The van der Waals surface area contributed by atoms with E-state index in [-0.39, 0.29) is 40.5 Å². The van der Waals surface area contributed by atoms with Gasteiger partial charge in [-0.3, -0.25) is 4.79 Å². The SMILES string of the molecule is C[C@@H]1CC[C@@]23CCC(O)[C@H]2[C@]1(C)[C@H](OC(=O)CSc1ccc(CCCN)cc1)C[C@](C)(CNCCCCCCN)[C@@H](O)[C@@H]3C. The highest BCUT2D eigenvalue weighted by Crippen LogP contribution is 2.68. The third-order valence-electron chi connectivity index (χ3n) is 12.2. The highest BCUT2D eigenvalue weighted by atomic mass is 32.2. The summed E-state index contributed by atoms with van der Waals surface area (Å²) in [6, 6.07) is 8.38. The molecule has 3 saturated carbocycles. The second-order valence-electron chi connectivity index (χ2n) is 14.9. The van der Waals surface area contributed by atoms with E-state index in [0.29, 0.717) is 25.4 Å². The quantitative estimate of drug-likeness (QED) is 0.100. The first kappa shape index (κ1) is 35.7. The standard InChI is InChI=1S/C36H61N3O4S/c1-25-15-17-36-18-16-29(40)32(36)35(25,4)30(43-31(41)23-44-28-13-11-27(12-14-28)10-9-20-38)22-34(3,33(42)26(36)2)24-39-21-8-6-5-7-19-37/h11-14,25-26,29-30,32-33,39-40,42H,5-10,15-24,37-38H2,1-4H3/t25-,26+,29?,30-,32+,33+,34-,35+,36+/m1/s1. The van der Waals surface area contributed by atoms with Crippen LogP contribution in [-0.4, -0.2) is 66.4 Å². The predicted molar refractivity (Wildman–Crippen MR) is 180 cm³/mol. The van der Waals surface area contributed by atoms with Gasteiger partial charge in [0.2, 0.25) is 0 Å². The molecule has 9 atom stereocenters. The van der Waals surface area contributed by atoms with Crippen LogP contribution in [0.2, 0.25) is 0 Å². The number of thioether (sulfide) groups is 1. The van der Waals surface area contributed by atoms with Gasteiger partial charge in [0.15, 0.2) is 0 Å². The first-order valence-electron chi connectivity index (χ1n) is 17.4. The van der Waals surface area contributed by atoms with Gasteiger partial charge in [0.1, 0.15) is 6.10 Å². The van der Waals surface area contributed by atoms with Crippen molar-refractivity contribution in [1.82, 2.24) is 5.32 Å². The van der Waals surface area contributed by atoms with Crippen molar-refractivity contribution >= 4 is 17.7 Å². The van der Waals surface area contributed by atoms with Crippen LogP contribution in [-0.2, 0) is 16.0 Å². The third kappa shape index (κ3) is 7.52. The molecule has 0 spiro atoms. The van der Waals surface area contributed by atoms with E-state index in [9.17, 15) is 15.0 Å². The van der Waals surface area contributed by atoms with Crippen molar-refractivity contribution in [2.24, 2.45) is 45.5 Å². The van der Waals surface area contributed by atoms with Gasteiger partial charge in [0.25, 0.3) is 0 Å². The monoisotopic (exact) mass is 631 g/mol. The van der Waals surface area contributed by atoms with E-state index in [1.807, 2.05) is 0 Å². The summed E-state index contributed by atoms with van der Waals surface area (Å²) in [7, 11) is 0. The topological polar surface area (TPSA) is 131 Å². The van der Waals surface area contributed by atoms with Crippen LogP contribution in [0.4, 0.5) is 0 Å². The summed E-state index contributed by atoms with van der Waals surface area (Å²) in [4.78, 5) is 14.7. The van der Waals surface area contributed by atoms with Gasteiger partial charge in [-0.05, 0) is 118 Å². The second-order valence-corrected chi connectivity index (χ2v) is 15.9. The summed E-state index contributed by atoms with van der Waals surface area (Å²) in [5.41, 5.74) is 11.6. The van der Waals surface area contributed by atoms with Crippen molar-refractivity contribution in [2.75, 3.05) is 31.9 Å². The van der Waals surface area contributed by atoms with Crippen molar-refractivity contribution < 1.29 is 19.7 Å². The van der Waals surface area contributed by atoms with Gasteiger partial charge in [-0.25, -0.2) is 0 Å². The minimum absolute atomic E-state index is 0.00466. The molecule has 7 N–H and O–H groups in total. The second kappa shape index (κ2) is 15.6. The van der Waals surface area contributed by atoms with E-state index >= 15 is 0 Å². The third-order valence-corrected chi connectivity index (χ3v) is 13.2. The first-order valence-corrected chi connectivity index (χ1v) is 18.4. The van der Waals surface area contributed by atoms with Crippen LogP contribution in [0, 0.1) is 34.0 Å². The highest BCUT2D eigenvalue weighted by Gasteiger charge is 2.68. The van der Waals surface area contributed by atoms with Crippen LogP contribution < -0.4 is 16.8 Å². The van der Waals surface area contributed by atoms with Gasteiger partial charge in [-0.1, -0.05) is 52.7 Å². The zero-order chi connectivity index (χ0) is 32.0. The lowest BCUT2D eigenvalue weighted by atomic mass is 9.43. The van der Waals surface area contributed by atoms with E-state index in [2.05, 4.69) is 57.3 Å². The Kier molecular flexibility index (Phi) is 12.7. The minimum Gasteiger partial charge on any atom is -0.461 e. The zero-order valence-electron chi connectivity index (χ0n) is 27.9. The molecule has 2 bridgehead atoms. The predicted octanol–water partition coefficient (Wildman–Crippen LogP) is 5.29. The summed E-state index contributed by atoms with van der Waals surface area (Å²) >= 11 is 1.51. The number of nitrogens with one attached hydrogen (secondary N) is 1. The Labute approximate surface area is 271 Å². The van der Waals surface area contributed by atoms with E-state index in [1.165, 1.54) is 17.3 Å². The molecule has 3 aliphatic rings. The molecule has 1 unspecified atom stereocenters. The number of hydrogen-bond donors (Lipinski definition) is 5. The Morgan fingerprint density at radius 3 is 2.39 bits per heavy atom. The Hall–Kier alpha value is -1.16. The number of unbranched alkanes of at least 4 members (excludes halogenated alkanes) is 3. The minimum atomic E-state index is -0.564. The number of ether oxygens (including phenoxy) is 1. The van der Waals surface area contributed by atoms with Crippen LogP contribution in [0.25, 0.3) is 0 Å². The molecule has 250 valence electrons. The maximum atomic E-state index is 13.6. The number of carbonyl (C=O) groups is 1. The molecule has 7 nitrogen and oxygen atoms in total. The molecule has 3 fully saturated rings. The Morgan fingerprint density at radius 1 is 1.00 bits per heavy atom. The molecule has 1 aromatic carbocycles. The molecule has 8 heteroatoms. The van der Waals surface area contributed by atoms with Crippen molar-refractivity contribution in [1.29, 1.82) is 0 Å². The van der Waals surface area contributed by atoms with Crippen molar-refractivity contribution in [3.8, 4) is 0 Å². The molecular formula is C36H61N3O4S. The number of rotatable bonds is 15. The zero-order valence-corrected chi connectivity index (χ0v) is 28.7. The van der Waals surface area contributed by atoms with Crippen LogP contribution in [0.15, 0.2) is 29.2 Å². The molecule has 0 aliphatic heterocycles. The lowest BCUT2D eigenvalue weighted by Crippen LogP contribution is -2.64. The van der Waals surface area contributed by atoms with Crippen LogP contribution in [0.3, 0.4) is 0 Å². The maximum Gasteiger partial charge on any atom is 0.316 e. The normalized spacial score (nSPS) is 36.8. The number of aliphatic hydroxyl groups excluding tert-OH is 2. The molecule has 3 aliphatic carbocycles. The smallest absolute Gasteiger partial charge is 0.316 e. The lowest BCUT2D eigenvalue weighted by Gasteiger charge is -2.63. The lowest BCUT2D eigenvalue weighted by molar-refractivity contribution is -0.222. The van der Waals surface area contributed by atoms with Gasteiger partial charge in [0, 0.05) is 22.3 Å². The van der Waals surface area contributed by atoms with Gasteiger partial charge in [0.05, 0.1) is 18.0 Å². The summed E-state index contributed by atoms with van der Waals surface area (Å²) in [6.45, 7) is 12.0. The Balaban J connectivity index is 1.54. The number of aliphatic hydroxyl groups is 2. The van der Waals surface area contributed by atoms with E-state index in [0.717, 1.165) is 82.2 Å². The number of carbonyl (C=O) groups excluding carboxylic acids is 1. The van der Waals surface area contributed by atoms with Crippen LogP contribution in [0.1, 0.15) is 97.5 Å². The van der Waals surface area contributed by atoms with E-state index < -0.39 is 17.6 Å². The summed E-state index contributed by atoms with van der Waals surface area (Å²) < 4.78 is 6.55. The van der Waals surface area contributed by atoms with Gasteiger partial charge in [-0.2, -0.15) is 0 Å². The average molecular weight is 632 g/mol. The molecule has 0 heterocycles. The molecule has 0 amide bonds. The largest absolute Gasteiger partial charge is 0.461 e. The maximum absolute atomic E-state index is 13.6. The van der Waals surface area contributed by atoms with Crippen molar-refractivity contribution in [3.63, 3.8) is 0 Å². The molecule has 0 radical (unpaired) electrons. The molecule has 0 saturated heterocycles. The summed E-state index contributed by atoms with van der Waals surface area (Å²) in [5, 5.41) is 27.4. The fourth-order valence-corrected chi connectivity index (χ4v) is 10.0. The number of aryl methyl sites for hydroxylation is 1. The molecular weight excluding hydrogens is 570 g/mol. The van der Waals surface area contributed by atoms with Gasteiger partial charge in [-0.15, -0.1) is 11.8 Å². The molecule has 44 heavy (non-hydrogen) atoms. The first-order chi connectivity index (χ1) is 21.0. The molecule has 1 aromatic rings. The van der Waals surface area contributed by atoms with Crippen molar-refractivity contribution in [2.45, 2.75) is 122 Å². The van der Waals surface area contributed by atoms with E-state index in [4.69, 9.17) is 16.2 Å². The van der Waals surface area contributed by atoms with Crippen LogP contribution >= 0.6 is 11.8 Å². The number of esters is 1. The fraction of sp³-hybridized carbons (Fsp3) is 0.806. The summed E-state index contributed by atoms with van der Waals surface area (Å²) in [5.74, 6) is 0.352. The van der Waals surface area contributed by atoms with Gasteiger partial charge >= 0.3 is 5.97 Å². The van der Waals surface area contributed by atoms with Gasteiger partial charge < -0.3 is 31.7 Å².